The zero-order valence-electron chi connectivity index (χ0n) is 17.5. The van der Waals surface area contributed by atoms with Crippen LogP contribution < -0.4 is 5.32 Å². The molecule has 0 heterocycles. The van der Waals surface area contributed by atoms with Gasteiger partial charge in [0.05, 0.1) is 5.56 Å². The average molecular weight is 465 g/mol. The lowest BCUT2D eigenvalue weighted by Gasteiger charge is -2.19. The van der Waals surface area contributed by atoms with Gasteiger partial charge in [-0.25, -0.2) is 4.79 Å². The smallest absolute Gasteiger partial charge is 0.416 e. The maximum Gasteiger partial charge on any atom is 0.416 e. The normalized spacial score (nSPS) is 12.2. The lowest BCUT2D eigenvalue weighted by Crippen LogP contribution is -2.26. The fraction of sp³-hybridized carbons (Fsp3) is 0.0769. The summed E-state index contributed by atoms with van der Waals surface area (Å²) in [6, 6.07) is 22.1. The van der Waals surface area contributed by atoms with Gasteiger partial charge < -0.3 is 15.2 Å². The van der Waals surface area contributed by atoms with Crippen LogP contribution in [0.1, 0.15) is 27.6 Å². The second-order valence-electron chi connectivity index (χ2n) is 7.48. The molecule has 0 aromatic heterocycles. The van der Waals surface area contributed by atoms with E-state index in [0.29, 0.717) is 16.3 Å². The van der Waals surface area contributed by atoms with Crippen molar-refractivity contribution in [3.05, 3.63) is 108 Å². The number of aromatic hydroxyl groups is 1. The van der Waals surface area contributed by atoms with Crippen molar-refractivity contribution in [2.75, 3.05) is 5.32 Å². The van der Waals surface area contributed by atoms with Gasteiger partial charge in [-0.05, 0) is 41.1 Å². The van der Waals surface area contributed by atoms with E-state index >= 15 is 0 Å². The number of hydrogen-bond donors (Lipinski definition) is 2. The number of esters is 1. The topological polar surface area (TPSA) is 75.6 Å². The van der Waals surface area contributed by atoms with Crippen molar-refractivity contribution in [1.29, 1.82) is 0 Å². The number of anilines is 1. The summed E-state index contributed by atoms with van der Waals surface area (Å²) in [5.41, 5.74) is -0.878. The summed E-state index contributed by atoms with van der Waals surface area (Å²) in [5.74, 6) is -2.13. The van der Waals surface area contributed by atoms with E-state index in [1.54, 1.807) is 54.6 Å². The molecule has 5 nitrogen and oxygen atoms in total. The number of rotatable bonds is 5. The molecule has 0 spiro atoms. The predicted molar refractivity (Wildman–Crippen MR) is 120 cm³/mol. The Balaban J connectivity index is 1.63. The number of carbonyl (C=O) groups excluding carboxylic acids is 2. The Bertz CT molecular complexity index is 1350. The van der Waals surface area contributed by atoms with E-state index in [4.69, 9.17) is 4.74 Å². The van der Waals surface area contributed by atoms with Gasteiger partial charge in [0.25, 0.3) is 5.91 Å². The monoisotopic (exact) mass is 465 g/mol. The van der Waals surface area contributed by atoms with Gasteiger partial charge in [0, 0.05) is 11.3 Å². The Hall–Kier alpha value is -4.33. The Labute approximate surface area is 192 Å². The SMILES string of the molecule is O=C(OC(C(=O)Nc1cccc(C(F)(F)F)c1)c1ccccc1)c1cc2ccccc2cc1O. The van der Waals surface area contributed by atoms with Crippen LogP contribution in [0.3, 0.4) is 0 Å². The molecule has 0 saturated carbocycles. The highest BCUT2D eigenvalue weighted by Gasteiger charge is 2.31. The van der Waals surface area contributed by atoms with Crippen molar-refractivity contribution in [2.24, 2.45) is 0 Å². The Kier molecular flexibility index (Phi) is 6.23. The fourth-order valence-corrected chi connectivity index (χ4v) is 3.44. The van der Waals surface area contributed by atoms with Crippen molar-refractivity contribution >= 4 is 28.3 Å². The number of halogens is 3. The van der Waals surface area contributed by atoms with E-state index in [1.807, 2.05) is 0 Å². The second-order valence-corrected chi connectivity index (χ2v) is 7.48. The highest BCUT2D eigenvalue weighted by molar-refractivity contribution is 6.01. The zero-order valence-corrected chi connectivity index (χ0v) is 17.5. The molecule has 34 heavy (non-hydrogen) atoms. The highest BCUT2D eigenvalue weighted by atomic mass is 19.4. The molecule has 1 atom stereocenters. The third-order valence-corrected chi connectivity index (χ3v) is 5.11. The maximum atomic E-state index is 13.0. The average Bonchev–Trinajstić information content (AvgIpc) is 2.82. The largest absolute Gasteiger partial charge is 0.507 e. The summed E-state index contributed by atoms with van der Waals surface area (Å²) in [7, 11) is 0. The van der Waals surface area contributed by atoms with Crippen LogP contribution in [0.15, 0.2) is 91.0 Å². The first-order valence-corrected chi connectivity index (χ1v) is 10.2. The molecular formula is C26H18F3NO4. The molecular weight excluding hydrogens is 447 g/mol. The standard InChI is InChI=1S/C26H18F3NO4/c27-26(28,29)19-11-6-12-20(15-19)30-24(32)23(16-7-2-1-3-8-16)34-25(33)21-13-17-9-4-5-10-18(17)14-22(21)31/h1-15,23,31H,(H,30,32). The first-order valence-electron chi connectivity index (χ1n) is 10.2. The van der Waals surface area contributed by atoms with E-state index in [1.165, 1.54) is 18.2 Å². The number of hydrogen-bond acceptors (Lipinski definition) is 4. The lowest BCUT2D eigenvalue weighted by molar-refractivity contribution is -0.137. The number of amides is 1. The first-order chi connectivity index (χ1) is 16.2. The van der Waals surface area contributed by atoms with Gasteiger partial charge in [0.2, 0.25) is 6.10 Å². The molecule has 4 rings (SSSR count). The minimum atomic E-state index is -4.58. The molecule has 172 valence electrons. The van der Waals surface area contributed by atoms with E-state index in [2.05, 4.69) is 5.32 Å². The second kappa shape index (κ2) is 9.27. The fourth-order valence-electron chi connectivity index (χ4n) is 3.44. The van der Waals surface area contributed by atoms with Gasteiger partial charge in [0.1, 0.15) is 11.3 Å². The number of phenols is 1. The Morgan fingerprint density at radius 2 is 1.47 bits per heavy atom. The van der Waals surface area contributed by atoms with Crippen LogP contribution in [0.2, 0.25) is 0 Å². The van der Waals surface area contributed by atoms with Gasteiger partial charge >= 0.3 is 12.1 Å². The quantitative estimate of drug-likeness (QED) is 0.349. The van der Waals surface area contributed by atoms with Crippen LogP contribution in [-0.4, -0.2) is 17.0 Å². The van der Waals surface area contributed by atoms with Gasteiger partial charge in [0.15, 0.2) is 0 Å². The van der Waals surface area contributed by atoms with Crippen molar-refractivity contribution in [2.45, 2.75) is 12.3 Å². The van der Waals surface area contributed by atoms with Crippen LogP contribution in [0.25, 0.3) is 10.8 Å². The number of carbonyl (C=O) groups is 2. The van der Waals surface area contributed by atoms with Crippen LogP contribution in [0, 0.1) is 0 Å². The van der Waals surface area contributed by atoms with Gasteiger partial charge in [-0.3, -0.25) is 4.79 Å². The number of benzene rings is 4. The maximum absolute atomic E-state index is 13.0. The molecule has 8 heteroatoms. The molecule has 0 aliphatic rings. The molecule has 0 bridgehead atoms. The number of nitrogens with one attached hydrogen (secondary N) is 1. The van der Waals surface area contributed by atoms with E-state index < -0.39 is 29.7 Å². The number of phenolic OH excluding ortho intramolecular Hbond substituents is 1. The molecule has 1 unspecified atom stereocenters. The summed E-state index contributed by atoms with van der Waals surface area (Å²) < 4.78 is 44.5. The van der Waals surface area contributed by atoms with Crippen molar-refractivity contribution < 1.29 is 32.6 Å². The molecule has 2 N–H and O–H groups in total. The molecule has 1 amide bonds. The minimum absolute atomic E-state index is 0.106. The number of fused-ring (bicyclic) bond motifs is 1. The molecule has 0 fully saturated rings. The minimum Gasteiger partial charge on any atom is -0.507 e. The lowest BCUT2D eigenvalue weighted by atomic mass is 10.1. The van der Waals surface area contributed by atoms with Gasteiger partial charge in [-0.2, -0.15) is 13.2 Å². The molecule has 0 radical (unpaired) electrons. The van der Waals surface area contributed by atoms with Crippen LogP contribution in [0.5, 0.6) is 5.75 Å². The molecule has 0 saturated heterocycles. The van der Waals surface area contributed by atoms with Gasteiger partial charge in [-0.1, -0.05) is 60.7 Å². The number of alkyl halides is 3. The summed E-state index contributed by atoms with van der Waals surface area (Å²) in [6.07, 6.45) is -6.06. The van der Waals surface area contributed by atoms with Crippen molar-refractivity contribution in [3.8, 4) is 5.75 Å². The highest BCUT2D eigenvalue weighted by Crippen LogP contribution is 2.32. The van der Waals surface area contributed by atoms with Crippen LogP contribution in [-0.2, 0) is 15.7 Å². The third-order valence-electron chi connectivity index (χ3n) is 5.11. The summed E-state index contributed by atoms with van der Waals surface area (Å²) in [6.45, 7) is 0. The first kappa shape index (κ1) is 22.8. The summed E-state index contributed by atoms with van der Waals surface area (Å²) in [5, 5.41) is 14.1. The molecule has 0 aliphatic carbocycles. The number of ether oxygens (including phenoxy) is 1. The summed E-state index contributed by atoms with van der Waals surface area (Å²) >= 11 is 0. The van der Waals surface area contributed by atoms with E-state index in [9.17, 15) is 27.9 Å². The van der Waals surface area contributed by atoms with Gasteiger partial charge in [-0.15, -0.1) is 0 Å². The Morgan fingerprint density at radius 1 is 0.824 bits per heavy atom. The van der Waals surface area contributed by atoms with Crippen molar-refractivity contribution in [1.82, 2.24) is 0 Å². The Morgan fingerprint density at radius 3 is 2.15 bits per heavy atom. The third kappa shape index (κ3) is 5.01. The van der Waals surface area contributed by atoms with E-state index in [-0.39, 0.29) is 17.0 Å². The van der Waals surface area contributed by atoms with E-state index in [0.717, 1.165) is 18.2 Å². The van der Waals surface area contributed by atoms with Crippen LogP contribution >= 0.6 is 0 Å². The zero-order chi connectivity index (χ0) is 24.3. The molecule has 0 aliphatic heterocycles. The molecule has 4 aromatic rings. The van der Waals surface area contributed by atoms with Crippen molar-refractivity contribution in [3.63, 3.8) is 0 Å². The van der Waals surface area contributed by atoms with Crippen LogP contribution in [0.4, 0.5) is 18.9 Å². The predicted octanol–water partition coefficient (Wildman–Crippen LogP) is 6.10. The molecule has 4 aromatic carbocycles. The summed E-state index contributed by atoms with van der Waals surface area (Å²) in [4.78, 5) is 25.9.